The van der Waals surface area contributed by atoms with Crippen LogP contribution >= 0.6 is 11.3 Å². The van der Waals surface area contributed by atoms with E-state index >= 15 is 0 Å². The highest BCUT2D eigenvalue weighted by Gasteiger charge is 2.11. The maximum absolute atomic E-state index is 12.8. The van der Waals surface area contributed by atoms with E-state index in [9.17, 15) is 9.18 Å². The minimum Gasteiger partial charge on any atom is -0.345 e. The fourth-order valence-electron chi connectivity index (χ4n) is 1.51. The van der Waals surface area contributed by atoms with Gasteiger partial charge in [-0.2, -0.15) is 0 Å². The molecule has 17 heavy (non-hydrogen) atoms. The van der Waals surface area contributed by atoms with Crippen molar-refractivity contribution < 1.29 is 9.18 Å². The highest BCUT2D eigenvalue weighted by atomic mass is 32.1. The molecule has 1 aromatic heterocycles. The summed E-state index contributed by atoms with van der Waals surface area (Å²) in [6.45, 7) is 1.87. The van der Waals surface area contributed by atoms with Gasteiger partial charge in [-0.25, -0.2) is 4.39 Å². The molecule has 0 aliphatic heterocycles. The van der Waals surface area contributed by atoms with E-state index in [1.165, 1.54) is 23.5 Å². The van der Waals surface area contributed by atoms with Crippen LogP contribution in [0.1, 0.15) is 28.2 Å². The van der Waals surface area contributed by atoms with E-state index in [1.54, 1.807) is 18.2 Å². The largest absolute Gasteiger partial charge is 0.345 e. The molecule has 2 nitrogen and oxygen atoms in total. The summed E-state index contributed by atoms with van der Waals surface area (Å²) in [5.74, 6) is -0.373. The number of carbonyl (C=O) groups is 1. The van der Waals surface area contributed by atoms with Gasteiger partial charge in [-0.05, 0) is 36.1 Å². The van der Waals surface area contributed by atoms with Gasteiger partial charge < -0.3 is 5.32 Å². The zero-order valence-electron chi connectivity index (χ0n) is 9.31. The molecule has 0 saturated carbocycles. The third-order valence-electron chi connectivity index (χ3n) is 2.46. The molecular formula is C13H12FNOS. The second-order valence-electron chi connectivity index (χ2n) is 3.72. The summed E-state index contributed by atoms with van der Waals surface area (Å²) < 4.78 is 12.8. The maximum Gasteiger partial charge on any atom is 0.261 e. The molecule has 1 N–H and O–H groups in total. The molecule has 0 unspecified atom stereocenters. The van der Waals surface area contributed by atoms with Gasteiger partial charge in [0.1, 0.15) is 5.82 Å². The summed E-state index contributed by atoms with van der Waals surface area (Å²) >= 11 is 1.40. The number of nitrogens with one attached hydrogen (secondary N) is 1. The van der Waals surface area contributed by atoms with Gasteiger partial charge in [-0.3, -0.25) is 4.79 Å². The Kier molecular flexibility index (Phi) is 3.54. The van der Waals surface area contributed by atoms with Crippen LogP contribution in [-0.2, 0) is 0 Å². The summed E-state index contributed by atoms with van der Waals surface area (Å²) in [6.07, 6.45) is 0. The van der Waals surface area contributed by atoms with Crippen molar-refractivity contribution in [2.45, 2.75) is 13.0 Å². The Morgan fingerprint density at radius 2 is 2.00 bits per heavy atom. The Hall–Kier alpha value is -1.68. The summed E-state index contributed by atoms with van der Waals surface area (Å²) in [5.41, 5.74) is 0.885. The highest BCUT2D eigenvalue weighted by Crippen LogP contribution is 2.15. The van der Waals surface area contributed by atoms with Crippen molar-refractivity contribution >= 4 is 17.2 Å². The molecule has 0 fully saturated rings. The molecule has 1 amide bonds. The molecule has 0 spiro atoms. The summed E-state index contributed by atoms with van der Waals surface area (Å²) in [7, 11) is 0. The van der Waals surface area contributed by atoms with Crippen LogP contribution in [0.5, 0.6) is 0 Å². The van der Waals surface area contributed by atoms with Crippen LogP contribution in [0.15, 0.2) is 41.8 Å². The summed E-state index contributed by atoms with van der Waals surface area (Å²) in [4.78, 5) is 12.5. The van der Waals surface area contributed by atoms with Gasteiger partial charge >= 0.3 is 0 Å². The molecule has 1 aromatic carbocycles. The van der Waals surface area contributed by atoms with Crippen LogP contribution in [0, 0.1) is 5.82 Å². The molecule has 0 aliphatic carbocycles. The van der Waals surface area contributed by atoms with Gasteiger partial charge in [0, 0.05) is 0 Å². The quantitative estimate of drug-likeness (QED) is 0.887. The van der Waals surface area contributed by atoms with Gasteiger partial charge in [0.2, 0.25) is 0 Å². The van der Waals surface area contributed by atoms with Gasteiger partial charge in [0.05, 0.1) is 10.9 Å². The van der Waals surface area contributed by atoms with Crippen LogP contribution in [0.25, 0.3) is 0 Å². The number of rotatable bonds is 3. The molecular weight excluding hydrogens is 237 g/mol. The fraction of sp³-hybridized carbons (Fsp3) is 0.154. The molecule has 2 aromatic rings. The van der Waals surface area contributed by atoms with Crippen molar-refractivity contribution in [1.29, 1.82) is 0 Å². The zero-order chi connectivity index (χ0) is 12.3. The van der Waals surface area contributed by atoms with E-state index < -0.39 is 0 Å². The highest BCUT2D eigenvalue weighted by molar-refractivity contribution is 7.12. The number of amides is 1. The Bertz CT molecular complexity index is 493. The van der Waals surface area contributed by atoms with E-state index in [0.717, 1.165) is 5.56 Å². The molecule has 4 heteroatoms. The first-order valence-corrected chi connectivity index (χ1v) is 6.14. The first-order chi connectivity index (χ1) is 8.16. The Labute approximate surface area is 103 Å². The monoisotopic (exact) mass is 249 g/mol. The minimum atomic E-state index is -0.273. The molecule has 0 aliphatic rings. The summed E-state index contributed by atoms with van der Waals surface area (Å²) in [5, 5.41) is 4.73. The first-order valence-electron chi connectivity index (χ1n) is 5.26. The third kappa shape index (κ3) is 2.91. The van der Waals surface area contributed by atoms with E-state index in [1.807, 2.05) is 18.4 Å². The smallest absolute Gasteiger partial charge is 0.261 e. The number of halogens is 1. The van der Waals surface area contributed by atoms with Gasteiger partial charge in [-0.15, -0.1) is 11.3 Å². The SMILES string of the molecule is C[C@@H](NC(=O)c1cccs1)c1ccc(F)cc1. The number of thiophene rings is 1. The zero-order valence-corrected chi connectivity index (χ0v) is 10.1. The average Bonchev–Trinajstić information content (AvgIpc) is 2.83. The Morgan fingerprint density at radius 1 is 1.29 bits per heavy atom. The number of hydrogen-bond acceptors (Lipinski definition) is 2. The average molecular weight is 249 g/mol. The van der Waals surface area contributed by atoms with Crippen LogP contribution in [-0.4, -0.2) is 5.91 Å². The Morgan fingerprint density at radius 3 is 2.59 bits per heavy atom. The number of benzene rings is 1. The number of carbonyl (C=O) groups excluding carboxylic acids is 1. The van der Waals surface area contributed by atoms with Crippen molar-refractivity contribution in [3.8, 4) is 0 Å². The lowest BCUT2D eigenvalue weighted by atomic mass is 10.1. The molecule has 1 heterocycles. The predicted octanol–water partition coefficient (Wildman–Crippen LogP) is 3.38. The minimum absolute atomic E-state index is 0.100. The van der Waals surface area contributed by atoms with Crippen molar-refractivity contribution in [1.82, 2.24) is 5.32 Å². The van der Waals surface area contributed by atoms with Gasteiger partial charge in [0.15, 0.2) is 0 Å². The second kappa shape index (κ2) is 5.10. The molecule has 1 atom stereocenters. The molecule has 0 saturated heterocycles. The third-order valence-corrected chi connectivity index (χ3v) is 3.33. The summed E-state index contributed by atoms with van der Waals surface area (Å²) in [6, 6.07) is 9.61. The Balaban J connectivity index is 2.04. The molecule has 0 bridgehead atoms. The fourth-order valence-corrected chi connectivity index (χ4v) is 2.14. The lowest BCUT2D eigenvalue weighted by Gasteiger charge is -2.13. The molecule has 2 rings (SSSR count). The van der Waals surface area contributed by atoms with E-state index in [0.29, 0.717) is 4.88 Å². The molecule has 88 valence electrons. The first kappa shape index (κ1) is 11.8. The van der Waals surface area contributed by atoms with Crippen molar-refractivity contribution in [3.63, 3.8) is 0 Å². The van der Waals surface area contributed by atoms with E-state index in [4.69, 9.17) is 0 Å². The second-order valence-corrected chi connectivity index (χ2v) is 4.67. The lowest BCUT2D eigenvalue weighted by molar-refractivity contribution is 0.0944. The predicted molar refractivity (Wildman–Crippen MR) is 66.6 cm³/mol. The van der Waals surface area contributed by atoms with Crippen LogP contribution in [0.3, 0.4) is 0 Å². The van der Waals surface area contributed by atoms with Crippen LogP contribution in [0.4, 0.5) is 4.39 Å². The number of hydrogen-bond donors (Lipinski definition) is 1. The standard InChI is InChI=1S/C13H12FNOS/c1-9(10-4-6-11(14)7-5-10)15-13(16)12-3-2-8-17-12/h2-9H,1H3,(H,15,16)/t9-/m1/s1. The van der Waals surface area contributed by atoms with Gasteiger partial charge in [-0.1, -0.05) is 18.2 Å². The van der Waals surface area contributed by atoms with E-state index in [-0.39, 0.29) is 17.8 Å². The lowest BCUT2D eigenvalue weighted by Crippen LogP contribution is -2.25. The van der Waals surface area contributed by atoms with Crippen molar-refractivity contribution in [2.75, 3.05) is 0 Å². The van der Waals surface area contributed by atoms with Crippen LogP contribution in [0.2, 0.25) is 0 Å². The van der Waals surface area contributed by atoms with Crippen molar-refractivity contribution in [3.05, 3.63) is 58.0 Å². The van der Waals surface area contributed by atoms with Crippen molar-refractivity contribution in [2.24, 2.45) is 0 Å². The molecule has 0 radical (unpaired) electrons. The maximum atomic E-state index is 12.8. The topological polar surface area (TPSA) is 29.1 Å². The van der Waals surface area contributed by atoms with Crippen LogP contribution < -0.4 is 5.32 Å². The van der Waals surface area contributed by atoms with E-state index in [2.05, 4.69) is 5.32 Å². The normalized spacial score (nSPS) is 12.1. The van der Waals surface area contributed by atoms with Gasteiger partial charge in [0.25, 0.3) is 5.91 Å².